The standard InChI is InChI=1S/C17H25N3OS/c1-12(2)15-19-16(22-20-15)18-10-14(17(3,4)11-21)13-8-6-5-7-9-13/h5-9,12,14,21H,10-11H2,1-4H3,(H,18,19,20). The van der Waals surface area contributed by atoms with E-state index in [9.17, 15) is 5.11 Å². The molecule has 0 aliphatic rings. The molecule has 2 rings (SSSR count). The van der Waals surface area contributed by atoms with Gasteiger partial charge in [-0.1, -0.05) is 58.0 Å². The van der Waals surface area contributed by atoms with E-state index in [4.69, 9.17) is 0 Å². The van der Waals surface area contributed by atoms with Gasteiger partial charge in [-0.2, -0.15) is 4.37 Å². The van der Waals surface area contributed by atoms with Crippen molar-refractivity contribution in [1.29, 1.82) is 0 Å². The number of benzene rings is 1. The molecule has 0 aliphatic heterocycles. The Morgan fingerprint density at radius 2 is 1.91 bits per heavy atom. The molecule has 0 saturated carbocycles. The summed E-state index contributed by atoms with van der Waals surface area (Å²) in [6.45, 7) is 9.23. The molecule has 0 saturated heterocycles. The maximum atomic E-state index is 9.75. The number of rotatable bonds is 7. The van der Waals surface area contributed by atoms with Gasteiger partial charge in [0.15, 0.2) is 0 Å². The largest absolute Gasteiger partial charge is 0.396 e. The molecular formula is C17H25N3OS. The van der Waals surface area contributed by atoms with Gasteiger partial charge in [0.2, 0.25) is 5.13 Å². The number of hydrogen-bond donors (Lipinski definition) is 2. The third kappa shape index (κ3) is 4.05. The van der Waals surface area contributed by atoms with Crippen molar-refractivity contribution in [2.24, 2.45) is 5.41 Å². The van der Waals surface area contributed by atoms with Gasteiger partial charge in [0.25, 0.3) is 0 Å². The molecule has 1 aromatic carbocycles. The lowest BCUT2D eigenvalue weighted by Crippen LogP contribution is -2.31. The third-order valence-corrected chi connectivity index (χ3v) is 4.66. The summed E-state index contributed by atoms with van der Waals surface area (Å²) < 4.78 is 4.37. The fourth-order valence-corrected chi connectivity index (χ4v) is 3.09. The van der Waals surface area contributed by atoms with Crippen LogP contribution in [-0.4, -0.2) is 27.6 Å². The summed E-state index contributed by atoms with van der Waals surface area (Å²) in [6.07, 6.45) is 0. The number of anilines is 1. The van der Waals surface area contributed by atoms with Gasteiger partial charge in [0.05, 0.1) is 0 Å². The van der Waals surface area contributed by atoms with Crippen molar-refractivity contribution < 1.29 is 5.11 Å². The normalized spacial score (nSPS) is 13.4. The molecular weight excluding hydrogens is 294 g/mol. The summed E-state index contributed by atoms with van der Waals surface area (Å²) >= 11 is 1.40. The lowest BCUT2D eigenvalue weighted by atomic mass is 9.75. The number of aliphatic hydroxyl groups is 1. The number of nitrogens with one attached hydrogen (secondary N) is 1. The van der Waals surface area contributed by atoms with E-state index in [2.05, 4.69) is 54.5 Å². The number of nitrogens with zero attached hydrogens (tertiary/aromatic N) is 2. The third-order valence-electron chi connectivity index (χ3n) is 3.97. The number of hydrogen-bond acceptors (Lipinski definition) is 5. The van der Waals surface area contributed by atoms with E-state index in [1.54, 1.807) is 0 Å². The Morgan fingerprint density at radius 1 is 1.23 bits per heavy atom. The average molecular weight is 319 g/mol. The second-order valence-electron chi connectivity index (χ2n) is 6.60. The van der Waals surface area contributed by atoms with Crippen molar-refractivity contribution in [1.82, 2.24) is 9.36 Å². The van der Waals surface area contributed by atoms with E-state index < -0.39 is 0 Å². The van der Waals surface area contributed by atoms with Crippen molar-refractivity contribution in [2.75, 3.05) is 18.5 Å². The van der Waals surface area contributed by atoms with Crippen molar-refractivity contribution in [2.45, 2.75) is 39.5 Å². The van der Waals surface area contributed by atoms with Crippen LogP contribution >= 0.6 is 11.5 Å². The Labute approximate surface area is 136 Å². The summed E-state index contributed by atoms with van der Waals surface area (Å²) in [5, 5.41) is 14.0. The SMILES string of the molecule is CC(C)c1nsc(NCC(c2ccccc2)C(C)(C)CO)n1. The van der Waals surface area contributed by atoms with Gasteiger partial charge >= 0.3 is 0 Å². The number of aromatic nitrogens is 2. The molecule has 0 bridgehead atoms. The van der Waals surface area contributed by atoms with Crippen LogP contribution in [-0.2, 0) is 0 Å². The zero-order valence-electron chi connectivity index (χ0n) is 13.7. The van der Waals surface area contributed by atoms with E-state index in [-0.39, 0.29) is 17.9 Å². The molecule has 4 nitrogen and oxygen atoms in total. The molecule has 1 atom stereocenters. The van der Waals surface area contributed by atoms with E-state index >= 15 is 0 Å². The quantitative estimate of drug-likeness (QED) is 0.813. The van der Waals surface area contributed by atoms with Gasteiger partial charge in [0, 0.05) is 36.5 Å². The van der Waals surface area contributed by atoms with Crippen LogP contribution in [0.4, 0.5) is 5.13 Å². The zero-order valence-corrected chi connectivity index (χ0v) is 14.5. The van der Waals surface area contributed by atoms with Crippen LogP contribution in [0.3, 0.4) is 0 Å². The molecule has 120 valence electrons. The molecule has 2 N–H and O–H groups in total. The van der Waals surface area contributed by atoms with Gasteiger partial charge in [-0.05, 0) is 11.0 Å². The second-order valence-corrected chi connectivity index (χ2v) is 7.36. The molecule has 0 spiro atoms. The molecule has 0 fully saturated rings. The van der Waals surface area contributed by atoms with Crippen LogP contribution in [0.2, 0.25) is 0 Å². The summed E-state index contributed by atoms with van der Waals surface area (Å²) in [5.74, 6) is 1.42. The van der Waals surface area contributed by atoms with Crippen LogP contribution in [0, 0.1) is 5.41 Å². The minimum Gasteiger partial charge on any atom is -0.396 e. The molecule has 5 heteroatoms. The van der Waals surface area contributed by atoms with Gasteiger partial charge in [0.1, 0.15) is 5.82 Å². The zero-order chi connectivity index (χ0) is 16.2. The Kier molecular flexibility index (Phi) is 5.53. The van der Waals surface area contributed by atoms with E-state index in [1.165, 1.54) is 17.1 Å². The molecule has 2 aromatic rings. The van der Waals surface area contributed by atoms with Crippen LogP contribution < -0.4 is 5.32 Å². The highest BCUT2D eigenvalue weighted by atomic mass is 32.1. The van der Waals surface area contributed by atoms with Crippen molar-refractivity contribution >= 4 is 16.7 Å². The van der Waals surface area contributed by atoms with E-state index in [0.717, 1.165) is 17.5 Å². The predicted molar refractivity (Wildman–Crippen MR) is 92.5 cm³/mol. The Morgan fingerprint density at radius 3 is 2.45 bits per heavy atom. The maximum Gasteiger partial charge on any atom is 0.202 e. The van der Waals surface area contributed by atoms with Crippen LogP contribution in [0.5, 0.6) is 0 Å². The molecule has 1 aromatic heterocycles. The average Bonchev–Trinajstić information content (AvgIpc) is 2.97. The monoisotopic (exact) mass is 319 g/mol. The summed E-state index contributed by atoms with van der Waals surface area (Å²) in [4.78, 5) is 4.52. The van der Waals surface area contributed by atoms with Crippen LogP contribution in [0.1, 0.15) is 50.9 Å². The highest BCUT2D eigenvalue weighted by Crippen LogP contribution is 2.35. The Balaban J connectivity index is 2.13. The van der Waals surface area contributed by atoms with Gasteiger partial charge in [-0.25, -0.2) is 4.98 Å². The molecule has 0 aliphatic carbocycles. The maximum absolute atomic E-state index is 9.75. The van der Waals surface area contributed by atoms with E-state index in [1.807, 2.05) is 18.2 Å². The van der Waals surface area contributed by atoms with Crippen molar-refractivity contribution in [3.05, 3.63) is 41.7 Å². The fraction of sp³-hybridized carbons (Fsp3) is 0.529. The highest BCUT2D eigenvalue weighted by molar-refractivity contribution is 7.09. The van der Waals surface area contributed by atoms with Crippen LogP contribution in [0.25, 0.3) is 0 Å². The Hall–Kier alpha value is -1.46. The first-order chi connectivity index (χ1) is 10.4. The first kappa shape index (κ1) is 16.9. The topological polar surface area (TPSA) is 58.0 Å². The molecule has 1 heterocycles. The lowest BCUT2D eigenvalue weighted by molar-refractivity contribution is 0.134. The number of aliphatic hydroxyl groups excluding tert-OH is 1. The van der Waals surface area contributed by atoms with E-state index in [0.29, 0.717) is 5.92 Å². The first-order valence-corrected chi connectivity index (χ1v) is 8.44. The molecule has 0 radical (unpaired) electrons. The molecule has 22 heavy (non-hydrogen) atoms. The van der Waals surface area contributed by atoms with Gasteiger partial charge < -0.3 is 10.4 Å². The highest BCUT2D eigenvalue weighted by Gasteiger charge is 2.30. The van der Waals surface area contributed by atoms with Gasteiger partial charge in [-0.15, -0.1) is 0 Å². The first-order valence-electron chi connectivity index (χ1n) is 7.67. The molecule has 1 unspecified atom stereocenters. The smallest absolute Gasteiger partial charge is 0.202 e. The lowest BCUT2D eigenvalue weighted by Gasteiger charge is -2.33. The minimum atomic E-state index is -0.208. The van der Waals surface area contributed by atoms with Crippen molar-refractivity contribution in [3.63, 3.8) is 0 Å². The predicted octanol–water partition coefficient (Wildman–Crippen LogP) is 3.88. The summed E-state index contributed by atoms with van der Waals surface area (Å²) in [6, 6.07) is 10.3. The second kappa shape index (κ2) is 7.20. The van der Waals surface area contributed by atoms with Gasteiger partial charge in [-0.3, -0.25) is 0 Å². The molecule has 0 amide bonds. The fourth-order valence-electron chi connectivity index (χ4n) is 2.37. The Bertz CT molecular complexity index is 581. The summed E-state index contributed by atoms with van der Waals surface area (Å²) in [5.41, 5.74) is 1.02. The van der Waals surface area contributed by atoms with Crippen LogP contribution in [0.15, 0.2) is 30.3 Å². The minimum absolute atomic E-state index is 0.140. The summed E-state index contributed by atoms with van der Waals surface area (Å²) in [7, 11) is 0. The van der Waals surface area contributed by atoms with Crippen molar-refractivity contribution in [3.8, 4) is 0 Å².